The van der Waals surface area contributed by atoms with Crippen LogP contribution in [-0.2, 0) is 14.3 Å². The molecule has 6 nitrogen and oxygen atoms in total. The molecule has 0 aromatic heterocycles. The van der Waals surface area contributed by atoms with Gasteiger partial charge in [-0.1, -0.05) is 53.6 Å². The number of hydrazone groups is 1. The van der Waals surface area contributed by atoms with E-state index in [1.807, 2.05) is 36.1 Å². The van der Waals surface area contributed by atoms with E-state index < -0.39 is 0 Å². The maximum atomic E-state index is 13.5. The number of hydrogen-bond acceptors (Lipinski definition) is 5. The summed E-state index contributed by atoms with van der Waals surface area (Å²) in [6, 6.07) is 13.7. The van der Waals surface area contributed by atoms with Crippen molar-refractivity contribution in [1.82, 2.24) is 9.91 Å². The minimum Gasteiger partial charge on any atom is -0.466 e. The summed E-state index contributed by atoms with van der Waals surface area (Å²) in [7, 11) is 0. The van der Waals surface area contributed by atoms with Crippen molar-refractivity contribution in [1.29, 1.82) is 0 Å². The molecule has 2 aromatic carbocycles. The van der Waals surface area contributed by atoms with Gasteiger partial charge in [0.15, 0.2) is 0 Å². The van der Waals surface area contributed by atoms with Gasteiger partial charge in [-0.3, -0.25) is 14.5 Å². The maximum Gasteiger partial charge on any atom is 0.310 e. The first-order valence-corrected chi connectivity index (χ1v) is 12.4. The summed E-state index contributed by atoms with van der Waals surface area (Å²) in [5.41, 5.74) is 5.16. The Morgan fingerprint density at radius 1 is 1.18 bits per heavy atom. The number of carbonyl (C=O) groups excluding carboxylic acids is 2. The van der Waals surface area contributed by atoms with Gasteiger partial charge in [-0.2, -0.15) is 5.10 Å². The SMILES string of the molecule is CCOC(=O)C1CCCN(CC(=O)N2N=C(c3ccc(C)cc3C)CC2c2ccccc2Cl)C1. The standard InChI is InChI=1S/C27H32ClN3O3/c1-4-34-27(33)20-8-7-13-30(16-20)17-26(32)31-25(22-9-5-6-10-23(22)28)15-24(29-31)21-12-11-18(2)14-19(21)3/h5-6,9-12,14,20,25H,4,7-8,13,15-17H2,1-3H3. The van der Waals surface area contributed by atoms with Gasteiger partial charge in [0.25, 0.3) is 5.91 Å². The molecule has 2 atom stereocenters. The smallest absolute Gasteiger partial charge is 0.310 e. The van der Waals surface area contributed by atoms with Gasteiger partial charge in [0.1, 0.15) is 0 Å². The quantitative estimate of drug-likeness (QED) is 0.550. The molecule has 0 saturated carbocycles. The van der Waals surface area contributed by atoms with Crippen LogP contribution in [0.25, 0.3) is 0 Å². The van der Waals surface area contributed by atoms with E-state index in [2.05, 4.69) is 32.0 Å². The van der Waals surface area contributed by atoms with Crippen LogP contribution in [0.4, 0.5) is 0 Å². The lowest BCUT2D eigenvalue weighted by atomic mass is 9.95. The monoisotopic (exact) mass is 481 g/mol. The molecule has 34 heavy (non-hydrogen) atoms. The van der Waals surface area contributed by atoms with Crippen LogP contribution in [-0.4, -0.2) is 53.7 Å². The lowest BCUT2D eigenvalue weighted by molar-refractivity contribution is -0.150. The van der Waals surface area contributed by atoms with E-state index in [1.165, 1.54) is 5.56 Å². The van der Waals surface area contributed by atoms with Crippen molar-refractivity contribution in [2.75, 3.05) is 26.2 Å². The predicted octanol–water partition coefficient (Wildman–Crippen LogP) is 4.91. The number of esters is 1. The first-order valence-electron chi connectivity index (χ1n) is 12.0. The summed E-state index contributed by atoms with van der Waals surface area (Å²) in [6.07, 6.45) is 2.26. The molecule has 0 radical (unpaired) electrons. The van der Waals surface area contributed by atoms with E-state index >= 15 is 0 Å². The summed E-state index contributed by atoms with van der Waals surface area (Å²) >= 11 is 6.54. The first-order chi connectivity index (χ1) is 16.4. The molecule has 180 valence electrons. The molecule has 2 aliphatic heterocycles. The van der Waals surface area contributed by atoms with Crippen LogP contribution in [0.1, 0.15) is 54.5 Å². The summed E-state index contributed by atoms with van der Waals surface area (Å²) in [6.45, 7) is 7.84. The number of rotatable bonds is 6. The van der Waals surface area contributed by atoms with Gasteiger partial charge in [0.2, 0.25) is 0 Å². The Labute approximate surface area is 206 Å². The third-order valence-electron chi connectivity index (χ3n) is 6.61. The maximum absolute atomic E-state index is 13.5. The number of likely N-dealkylation sites (tertiary alicyclic amines) is 1. The number of carbonyl (C=O) groups is 2. The van der Waals surface area contributed by atoms with Crippen LogP contribution in [0.3, 0.4) is 0 Å². The van der Waals surface area contributed by atoms with E-state index in [-0.39, 0.29) is 30.4 Å². The van der Waals surface area contributed by atoms with Gasteiger partial charge in [0, 0.05) is 23.6 Å². The van der Waals surface area contributed by atoms with E-state index in [1.54, 1.807) is 5.01 Å². The van der Waals surface area contributed by atoms with Crippen LogP contribution < -0.4 is 0 Å². The molecule has 0 aliphatic carbocycles. The van der Waals surface area contributed by atoms with E-state index in [0.717, 1.165) is 41.8 Å². The molecule has 4 rings (SSSR count). The molecule has 2 unspecified atom stereocenters. The van der Waals surface area contributed by atoms with Gasteiger partial charge < -0.3 is 4.74 Å². The zero-order chi connectivity index (χ0) is 24.2. The second-order valence-electron chi connectivity index (χ2n) is 9.17. The second kappa shape index (κ2) is 10.7. The normalized spacial score (nSPS) is 20.8. The third-order valence-corrected chi connectivity index (χ3v) is 6.95. The Morgan fingerprint density at radius 2 is 1.97 bits per heavy atom. The summed E-state index contributed by atoms with van der Waals surface area (Å²) in [5.74, 6) is -0.451. The zero-order valence-electron chi connectivity index (χ0n) is 20.1. The number of ether oxygens (including phenoxy) is 1. The fraction of sp³-hybridized carbons (Fsp3) is 0.444. The summed E-state index contributed by atoms with van der Waals surface area (Å²) in [4.78, 5) is 27.8. The molecular formula is C27H32ClN3O3. The molecule has 1 saturated heterocycles. The van der Waals surface area contributed by atoms with Gasteiger partial charge >= 0.3 is 5.97 Å². The van der Waals surface area contributed by atoms with Gasteiger partial charge in [-0.05, 0) is 57.4 Å². The lowest BCUT2D eigenvalue weighted by Gasteiger charge is -2.32. The highest BCUT2D eigenvalue weighted by molar-refractivity contribution is 6.31. The average molecular weight is 482 g/mol. The highest BCUT2D eigenvalue weighted by atomic mass is 35.5. The van der Waals surface area contributed by atoms with Crippen LogP contribution >= 0.6 is 11.6 Å². The van der Waals surface area contributed by atoms with E-state index in [4.69, 9.17) is 21.4 Å². The number of benzene rings is 2. The highest BCUT2D eigenvalue weighted by Gasteiger charge is 2.36. The lowest BCUT2D eigenvalue weighted by Crippen LogP contribution is -2.44. The summed E-state index contributed by atoms with van der Waals surface area (Å²) in [5, 5.41) is 7.05. The molecule has 7 heteroatoms. The van der Waals surface area contributed by atoms with Crippen molar-refractivity contribution in [3.05, 3.63) is 69.7 Å². The molecule has 2 aliphatic rings. The molecule has 2 aromatic rings. The van der Waals surface area contributed by atoms with Crippen LogP contribution in [0, 0.1) is 19.8 Å². The zero-order valence-corrected chi connectivity index (χ0v) is 20.8. The van der Waals surface area contributed by atoms with Crippen molar-refractivity contribution in [2.24, 2.45) is 11.0 Å². The van der Waals surface area contributed by atoms with Gasteiger partial charge in [-0.25, -0.2) is 5.01 Å². The summed E-state index contributed by atoms with van der Waals surface area (Å²) < 4.78 is 5.21. The van der Waals surface area contributed by atoms with Crippen LogP contribution in [0.15, 0.2) is 47.6 Å². The van der Waals surface area contributed by atoms with Crippen molar-refractivity contribution in [3.8, 4) is 0 Å². The Kier molecular flexibility index (Phi) is 7.69. The largest absolute Gasteiger partial charge is 0.466 e. The topological polar surface area (TPSA) is 62.2 Å². The minimum absolute atomic E-state index is 0.0887. The number of amides is 1. The van der Waals surface area contributed by atoms with E-state index in [9.17, 15) is 9.59 Å². The molecule has 0 N–H and O–H groups in total. The van der Waals surface area contributed by atoms with Crippen molar-refractivity contribution in [2.45, 2.75) is 46.1 Å². The Balaban J connectivity index is 1.58. The van der Waals surface area contributed by atoms with Gasteiger partial charge in [-0.15, -0.1) is 0 Å². The van der Waals surface area contributed by atoms with Crippen molar-refractivity contribution < 1.29 is 14.3 Å². The molecule has 2 heterocycles. The number of hydrogen-bond donors (Lipinski definition) is 0. The number of piperidine rings is 1. The first kappa shape index (κ1) is 24.4. The highest BCUT2D eigenvalue weighted by Crippen LogP contribution is 2.37. The van der Waals surface area contributed by atoms with Crippen LogP contribution in [0.5, 0.6) is 0 Å². The van der Waals surface area contributed by atoms with Crippen molar-refractivity contribution in [3.63, 3.8) is 0 Å². The van der Waals surface area contributed by atoms with Gasteiger partial charge in [0.05, 0.1) is 30.8 Å². The molecule has 0 spiro atoms. The third kappa shape index (κ3) is 5.34. The molecule has 0 bridgehead atoms. The fourth-order valence-electron chi connectivity index (χ4n) is 4.94. The van der Waals surface area contributed by atoms with Crippen molar-refractivity contribution >= 4 is 29.2 Å². The van der Waals surface area contributed by atoms with Crippen LogP contribution in [0.2, 0.25) is 5.02 Å². The molecule has 1 fully saturated rings. The molecular weight excluding hydrogens is 450 g/mol. The molecule has 1 amide bonds. The Bertz CT molecular complexity index is 1100. The second-order valence-corrected chi connectivity index (χ2v) is 9.58. The number of aryl methyl sites for hydroxylation is 2. The number of nitrogens with zero attached hydrogens (tertiary/aromatic N) is 3. The van der Waals surface area contributed by atoms with E-state index in [0.29, 0.717) is 24.6 Å². The average Bonchev–Trinajstić information content (AvgIpc) is 3.25. The fourth-order valence-corrected chi connectivity index (χ4v) is 5.21. The predicted molar refractivity (Wildman–Crippen MR) is 134 cm³/mol. The minimum atomic E-state index is -0.262. The Hall–Kier alpha value is -2.70. The Morgan fingerprint density at radius 3 is 2.71 bits per heavy atom. The number of halogens is 1.